The molecule has 0 saturated heterocycles. The topological polar surface area (TPSA) is 30.5 Å². The molecule has 1 N–H and O–H groups in total. The molecule has 0 fully saturated rings. The number of hydrogen-bond donors (Lipinski definition) is 1. The van der Waals surface area contributed by atoms with Gasteiger partial charge in [-0.1, -0.05) is 42.3 Å². The summed E-state index contributed by atoms with van der Waals surface area (Å²) >= 11 is 0. The third-order valence-corrected chi connectivity index (χ3v) is 3.02. The van der Waals surface area contributed by atoms with Gasteiger partial charge in [0.2, 0.25) is 0 Å². The molecule has 0 saturated carbocycles. The van der Waals surface area contributed by atoms with Crippen LogP contribution in [0.15, 0.2) is 48.5 Å². The number of nitrogens with one attached hydrogen (secondary N) is 1. The fraction of sp³-hybridized carbons (Fsp3) is 0.222. The Morgan fingerprint density at radius 2 is 1.86 bits per heavy atom. The van der Waals surface area contributed by atoms with Crippen molar-refractivity contribution < 1.29 is 9.47 Å². The minimum Gasteiger partial charge on any atom is -0.493 e. The number of benzene rings is 2. The molecule has 0 heterocycles. The monoisotopic (exact) mass is 281 g/mol. The average Bonchev–Trinajstić information content (AvgIpc) is 2.54. The van der Waals surface area contributed by atoms with Crippen molar-refractivity contribution >= 4 is 0 Å². The molecule has 0 aliphatic carbocycles. The summed E-state index contributed by atoms with van der Waals surface area (Å²) < 4.78 is 11.2. The smallest absolute Gasteiger partial charge is 0.161 e. The van der Waals surface area contributed by atoms with Gasteiger partial charge in [0.25, 0.3) is 0 Å². The van der Waals surface area contributed by atoms with E-state index in [1.54, 1.807) is 7.11 Å². The van der Waals surface area contributed by atoms with Gasteiger partial charge in [-0.3, -0.25) is 0 Å². The van der Waals surface area contributed by atoms with Gasteiger partial charge >= 0.3 is 0 Å². The molecular weight excluding hydrogens is 262 g/mol. The lowest BCUT2D eigenvalue weighted by Crippen LogP contribution is -2.13. The fourth-order valence-corrected chi connectivity index (χ4v) is 1.96. The molecule has 0 aromatic heterocycles. The maximum atomic E-state index is 5.82. The molecule has 0 atom stereocenters. The molecule has 0 radical (unpaired) electrons. The van der Waals surface area contributed by atoms with E-state index in [2.05, 4.69) is 11.2 Å². The molecule has 2 aromatic carbocycles. The summed E-state index contributed by atoms with van der Waals surface area (Å²) in [4.78, 5) is 0. The second-order valence-electron chi connectivity index (χ2n) is 4.57. The van der Waals surface area contributed by atoms with E-state index in [0.717, 1.165) is 22.6 Å². The second kappa shape index (κ2) is 7.98. The molecule has 0 amide bonds. The number of hydrogen-bond acceptors (Lipinski definition) is 3. The molecule has 0 spiro atoms. The minimum atomic E-state index is 0.520. The molecule has 3 nitrogen and oxygen atoms in total. The van der Waals surface area contributed by atoms with Crippen LogP contribution in [0.3, 0.4) is 0 Å². The van der Waals surface area contributed by atoms with Gasteiger partial charge in [0.1, 0.15) is 6.61 Å². The summed E-state index contributed by atoms with van der Waals surface area (Å²) in [5.41, 5.74) is 2.23. The van der Waals surface area contributed by atoms with Crippen molar-refractivity contribution in [3.05, 3.63) is 59.7 Å². The largest absolute Gasteiger partial charge is 0.493 e. The Morgan fingerprint density at radius 1 is 1.05 bits per heavy atom. The third kappa shape index (κ3) is 4.55. The lowest BCUT2D eigenvalue weighted by Gasteiger charge is -2.12. The number of terminal acetylenes is 1. The maximum Gasteiger partial charge on any atom is 0.161 e. The van der Waals surface area contributed by atoms with Gasteiger partial charge in [-0.25, -0.2) is 0 Å². The van der Waals surface area contributed by atoms with Crippen molar-refractivity contribution in [3.8, 4) is 23.8 Å². The van der Waals surface area contributed by atoms with Crippen molar-refractivity contribution in [1.82, 2.24) is 5.32 Å². The molecule has 0 aliphatic heterocycles. The summed E-state index contributed by atoms with van der Waals surface area (Å²) in [5, 5.41) is 3.15. The van der Waals surface area contributed by atoms with E-state index in [9.17, 15) is 0 Å². The molecule has 3 heteroatoms. The SMILES string of the molecule is C#CCNCc1ccc(OCc2ccccc2)c(OC)c1. The van der Waals surface area contributed by atoms with Gasteiger partial charge in [-0.2, -0.15) is 0 Å². The summed E-state index contributed by atoms with van der Waals surface area (Å²) in [7, 11) is 1.64. The van der Waals surface area contributed by atoms with Gasteiger partial charge in [0, 0.05) is 6.54 Å². The standard InChI is InChI=1S/C18H19NO2/c1-3-11-19-13-16-9-10-17(18(12-16)20-2)21-14-15-7-5-4-6-8-15/h1,4-10,12,19H,11,13-14H2,2H3. The summed E-state index contributed by atoms with van der Waals surface area (Å²) in [6.07, 6.45) is 5.21. The van der Waals surface area contributed by atoms with Crippen LogP contribution in [0.4, 0.5) is 0 Å². The van der Waals surface area contributed by atoms with Gasteiger partial charge in [0.05, 0.1) is 13.7 Å². The van der Waals surface area contributed by atoms with Gasteiger partial charge < -0.3 is 14.8 Å². The van der Waals surface area contributed by atoms with Crippen LogP contribution in [-0.2, 0) is 13.2 Å². The Balaban J connectivity index is 2.01. The first-order valence-corrected chi connectivity index (χ1v) is 6.81. The summed E-state index contributed by atoms with van der Waals surface area (Å²) in [5.74, 6) is 4.02. The highest BCUT2D eigenvalue weighted by Crippen LogP contribution is 2.28. The Morgan fingerprint density at radius 3 is 2.57 bits per heavy atom. The zero-order chi connectivity index (χ0) is 14.9. The van der Waals surface area contributed by atoms with Crippen LogP contribution in [0.2, 0.25) is 0 Å². The van der Waals surface area contributed by atoms with E-state index in [1.807, 2.05) is 48.5 Å². The molecule has 0 aliphatic rings. The summed E-state index contributed by atoms with van der Waals surface area (Å²) in [6.45, 7) is 1.78. The molecule has 108 valence electrons. The maximum absolute atomic E-state index is 5.82. The quantitative estimate of drug-likeness (QED) is 0.625. The van der Waals surface area contributed by atoms with Crippen molar-refractivity contribution in [2.24, 2.45) is 0 Å². The summed E-state index contributed by atoms with van der Waals surface area (Å²) in [6, 6.07) is 15.9. The molecular formula is C18H19NO2. The van der Waals surface area contributed by atoms with Crippen molar-refractivity contribution in [2.75, 3.05) is 13.7 Å². The van der Waals surface area contributed by atoms with Gasteiger partial charge in [-0.05, 0) is 23.3 Å². The van der Waals surface area contributed by atoms with E-state index in [4.69, 9.17) is 15.9 Å². The Kier molecular flexibility index (Phi) is 5.69. The Labute approximate surface area is 125 Å². The molecule has 0 unspecified atom stereocenters. The molecule has 0 bridgehead atoms. The van der Waals surface area contributed by atoms with Gasteiger partial charge in [0.15, 0.2) is 11.5 Å². The van der Waals surface area contributed by atoms with Crippen LogP contribution in [-0.4, -0.2) is 13.7 Å². The van der Waals surface area contributed by atoms with E-state index in [0.29, 0.717) is 19.7 Å². The molecule has 2 aromatic rings. The lowest BCUT2D eigenvalue weighted by molar-refractivity contribution is 0.284. The number of rotatable bonds is 7. The van der Waals surface area contributed by atoms with Crippen LogP contribution in [0.1, 0.15) is 11.1 Å². The Hall–Kier alpha value is -2.44. The van der Waals surface area contributed by atoms with Crippen LogP contribution >= 0.6 is 0 Å². The highest BCUT2D eigenvalue weighted by atomic mass is 16.5. The van der Waals surface area contributed by atoms with Crippen LogP contribution in [0.25, 0.3) is 0 Å². The van der Waals surface area contributed by atoms with Crippen LogP contribution < -0.4 is 14.8 Å². The van der Waals surface area contributed by atoms with E-state index >= 15 is 0 Å². The lowest BCUT2D eigenvalue weighted by atomic mass is 10.2. The highest BCUT2D eigenvalue weighted by molar-refractivity contribution is 5.43. The fourth-order valence-electron chi connectivity index (χ4n) is 1.96. The Bertz CT molecular complexity index is 602. The van der Waals surface area contributed by atoms with Crippen molar-refractivity contribution in [1.29, 1.82) is 0 Å². The predicted molar refractivity (Wildman–Crippen MR) is 84.3 cm³/mol. The zero-order valence-electron chi connectivity index (χ0n) is 12.1. The predicted octanol–water partition coefficient (Wildman–Crippen LogP) is 3.00. The van der Waals surface area contributed by atoms with E-state index < -0.39 is 0 Å². The first kappa shape index (κ1) is 15.0. The first-order valence-electron chi connectivity index (χ1n) is 6.81. The zero-order valence-corrected chi connectivity index (χ0v) is 12.1. The highest BCUT2D eigenvalue weighted by Gasteiger charge is 2.06. The minimum absolute atomic E-state index is 0.520. The van der Waals surface area contributed by atoms with Crippen LogP contribution in [0.5, 0.6) is 11.5 Å². The number of methoxy groups -OCH3 is 1. The number of ether oxygens (including phenoxy) is 2. The van der Waals surface area contributed by atoms with Crippen molar-refractivity contribution in [2.45, 2.75) is 13.2 Å². The van der Waals surface area contributed by atoms with E-state index in [-0.39, 0.29) is 0 Å². The second-order valence-corrected chi connectivity index (χ2v) is 4.57. The first-order chi connectivity index (χ1) is 10.3. The van der Waals surface area contributed by atoms with Crippen LogP contribution in [0, 0.1) is 12.3 Å². The normalized spacial score (nSPS) is 9.90. The average molecular weight is 281 g/mol. The van der Waals surface area contributed by atoms with Crippen molar-refractivity contribution in [3.63, 3.8) is 0 Å². The van der Waals surface area contributed by atoms with E-state index in [1.165, 1.54) is 0 Å². The van der Waals surface area contributed by atoms with Gasteiger partial charge in [-0.15, -0.1) is 6.42 Å². The third-order valence-electron chi connectivity index (χ3n) is 3.02. The molecule has 2 rings (SSSR count). The molecule has 21 heavy (non-hydrogen) atoms.